The van der Waals surface area contributed by atoms with Crippen LogP contribution in [0.3, 0.4) is 0 Å². The number of guanidine groups is 1. The van der Waals surface area contributed by atoms with Gasteiger partial charge in [0.1, 0.15) is 12.4 Å². The van der Waals surface area contributed by atoms with Crippen molar-refractivity contribution in [3.05, 3.63) is 72.3 Å². The molecule has 0 atom stereocenters. The predicted molar refractivity (Wildman–Crippen MR) is 126 cm³/mol. The molecule has 0 fully saturated rings. The van der Waals surface area contributed by atoms with Gasteiger partial charge >= 0.3 is 0 Å². The van der Waals surface area contributed by atoms with Crippen LogP contribution >= 0.6 is 24.0 Å². The molecular formula is C21H26IN5O2. The van der Waals surface area contributed by atoms with E-state index < -0.39 is 0 Å². The standard InChI is InChI=1S/C21H25N5O2.HI/c1-27-18-9-8-17(14-19(18)28-2)25-21(22)24-15-20-23-11-13-26(20)12-10-16-6-4-3-5-7-16;/h3-9,11,13-14H,10,12,15H2,1-2H3,(H3,22,24,25);1H. The van der Waals surface area contributed by atoms with Crippen LogP contribution in [-0.4, -0.2) is 29.7 Å². The van der Waals surface area contributed by atoms with Gasteiger partial charge in [-0.15, -0.1) is 24.0 Å². The highest BCUT2D eigenvalue weighted by molar-refractivity contribution is 14.0. The summed E-state index contributed by atoms with van der Waals surface area (Å²) in [6.07, 6.45) is 4.69. The lowest BCUT2D eigenvalue weighted by atomic mass is 10.1. The highest BCUT2D eigenvalue weighted by atomic mass is 127. The normalized spacial score (nSPS) is 10.9. The number of hydrogen-bond acceptors (Lipinski definition) is 4. The SMILES string of the molecule is COc1ccc(NC(N)=NCc2nccn2CCc2ccccc2)cc1OC.I. The van der Waals surface area contributed by atoms with Crippen molar-refractivity contribution in [1.29, 1.82) is 0 Å². The summed E-state index contributed by atoms with van der Waals surface area (Å²) in [6, 6.07) is 15.8. The Kier molecular flexibility index (Phi) is 8.78. The van der Waals surface area contributed by atoms with Crippen LogP contribution in [0.5, 0.6) is 11.5 Å². The summed E-state index contributed by atoms with van der Waals surface area (Å²) < 4.78 is 12.6. The van der Waals surface area contributed by atoms with Crippen molar-refractivity contribution in [2.24, 2.45) is 10.7 Å². The zero-order chi connectivity index (χ0) is 19.8. The third kappa shape index (κ3) is 6.38. The number of hydrogen-bond donors (Lipinski definition) is 2. The summed E-state index contributed by atoms with van der Waals surface area (Å²) in [4.78, 5) is 8.80. The Bertz CT molecular complexity index is 928. The quantitative estimate of drug-likeness (QED) is 0.276. The molecule has 0 unspecified atom stereocenters. The average Bonchev–Trinajstić information content (AvgIpc) is 3.19. The fourth-order valence-corrected chi connectivity index (χ4v) is 2.85. The second-order valence-corrected chi connectivity index (χ2v) is 6.17. The molecule has 0 aliphatic carbocycles. The minimum atomic E-state index is 0. The minimum absolute atomic E-state index is 0. The number of nitrogens with one attached hydrogen (secondary N) is 1. The van der Waals surface area contributed by atoms with Crippen molar-refractivity contribution in [1.82, 2.24) is 9.55 Å². The Morgan fingerprint density at radius 1 is 1.10 bits per heavy atom. The lowest BCUT2D eigenvalue weighted by Gasteiger charge is -2.11. The van der Waals surface area contributed by atoms with Crippen molar-refractivity contribution in [2.45, 2.75) is 19.5 Å². The first-order valence-electron chi connectivity index (χ1n) is 9.02. The van der Waals surface area contributed by atoms with E-state index in [2.05, 4.69) is 44.1 Å². The fraction of sp³-hybridized carbons (Fsp3) is 0.238. The van der Waals surface area contributed by atoms with Gasteiger partial charge in [-0.05, 0) is 24.1 Å². The van der Waals surface area contributed by atoms with E-state index in [0.717, 1.165) is 24.5 Å². The number of anilines is 1. The van der Waals surface area contributed by atoms with Crippen LogP contribution in [-0.2, 0) is 19.5 Å². The monoisotopic (exact) mass is 507 g/mol. The number of aryl methyl sites for hydroxylation is 2. The van der Waals surface area contributed by atoms with Gasteiger partial charge in [0.05, 0.1) is 14.2 Å². The average molecular weight is 507 g/mol. The summed E-state index contributed by atoms with van der Waals surface area (Å²) in [5.41, 5.74) is 8.09. The summed E-state index contributed by atoms with van der Waals surface area (Å²) in [5.74, 6) is 2.46. The Labute approximate surface area is 188 Å². The summed E-state index contributed by atoms with van der Waals surface area (Å²) in [7, 11) is 3.19. The van der Waals surface area contributed by atoms with Crippen molar-refractivity contribution >= 4 is 35.6 Å². The third-order valence-corrected chi connectivity index (χ3v) is 4.33. The predicted octanol–water partition coefficient (Wildman–Crippen LogP) is 3.69. The Morgan fingerprint density at radius 2 is 1.86 bits per heavy atom. The van der Waals surface area contributed by atoms with Gasteiger partial charge in [0.2, 0.25) is 0 Å². The largest absolute Gasteiger partial charge is 0.493 e. The molecule has 0 spiro atoms. The molecule has 1 heterocycles. The number of benzene rings is 2. The fourth-order valence-electron chi connectivity index (χ4n) is 2.85. The molecule has 0 saturated heterocycles. The molecule has 0 saturated carbocycles. The van der Waals surface area contributed by atoms with E-state index in [-0.39, 0.29) is 24.0 Å². The van der Waals surface area contributed by atoms with Crippen LogP contribution in [0.4, 0.5) is 5.69 Å². The number of aliphatic imine (C=N–C) groups is 1. The van der Waals surface area contributed by atoms with Gasteiger partial charge in [-0.3, -0.25) is 0 Å². The number of aromatic nitrogens is 2. The molecule has 0 aliphatic heterocycles. The van der Waals surface area contributed by atoms with Gasteiger partial charge in [-0.2, -0.15) is 0 Å². The first-order chi connectivity index (χ1) is 13.7. The summed E-state index contributed by atoms with van der Waals surface area (Å²) >= 11 is 0. The van der Waals surface area contributed by atoms with Crippen LogP contribution in [0.2, 0.25) is 0 Å². The van der Waals surface area contributed by atoms with E-state index in [1.54, 1.807) is 20.4 Å². The molecule has 0 radical (unpaired) electrons. The Morgan fingerprint density at radius 3 is 2.59 bits per heavy atom. The van der Waals surface area contributed by atoms with Crippen LogP contribution in [0.15, 0.2) is 65.9 Å². The molecule has 154 valence electrons. The zero-order valence-electron chi connectivity index (χ0n) is 16.5. The highest BCUT2D eigenvalue weighted by Gasteiger charge is 2.06. The number of imidazole rings is 1. The number of rotatable bonds is 8. The van der Waals surface area contributed by atoms with Crippen LogP contribution in [0.1, 0.15) is 11.4 Å². The van der Waals surface area contributed by atoms with Gasteiger partial charge in [0, 0.05) is 30.7 Å². The molecule has 29 heavy (non-hydrogen) atoms. The van der Waals surface area contributed by atoms with Crippen molar-refractivity contribution in [3.8, 4) is 11.5 Å². The maximum absolute atomic E-state index is 6.03. The van der Waals surface area contributed by atoms with E-state index >= 15 is 0 Å². The molecule has 7 nitrogen and oxygen atoms in total. The van der Waals surface area contributed by atoms with Gasteiger partial charge in [0.25, 0.3) is 0 Å². The van der Waals surface area contributed by atoms with Crippen LogP contribution in [0, 0.1) is 0 Å². The van der Waals surface area contributed by atoms with Crippen molar-refractivity contribution in [2.75, 3.05) is 19.5 Å². The lowest BCUT2D eigenvalue weighted by molar-refractivity contribution is 0.355. The highest BCUT2D eigenvalue weighted by Crippen LogP contribution is 2.29. The van der Waals surface area contributed by atoms with Crippen molar-refractivity contribution < 1.29 is 9.47 Å². The van der Waals surface area contributed by atoms with Crippen molar-refractivity contribution in [3.63, 3.8) is 0 Å². The lowest BCUT2D eigenvalue weighted by Crippen LogP contribution is -2.23. The van der Waals surface area contributed by atoms with E-state index in [1.807, 2.05) is 30.5 Å². The summed E-state index contributed by atoms with van der Waals surface area (Å²) in [6.45, 7) is 1.24. The number of halogens is 1. The second-order valence-electron chi connectivity index (χ2n) is 6.17. The summed E-state index contributed by atoms with van der Waals surface area (Å²) in [5, 5.41) is 3.06. The smallest absolute Gasteiger partial charge is 0.193 e. The van der Waals surface area contributed by atoms with Gasteiger partial charge in [-0.25, -0.2) is 9.98 Å². The zero-order valence-corrected chi connectivity index (χ0v) is 18.9. The van der Waals surface area contributed by atoms with Gasteiger partial charge in [-0.1, -0.05) is 30.3 Å². The Hall–Kier alpha value is -2.75. The third-order valence-electron chi connectivity index (χ3n) is 4.33. The Balaban J connectivity index is 0.00000300. The van der Waals surface area contributed by atoms with E-state index in [9.17, 15) is 0 Å². The van der Waals surface area contributed by atoms with Crippen LogP contribution < -0.4 is 20.5 Å². The minimum Gasteiger partial charge on any atom is -0.493 e. The topological polar surface area (TPSA) is 86.7 Å². The molecule has 0 amide bonds. The molecule has 3 aromatic rings. The molecule has 1 aromatic heterocycles. The maximum atomic E-state index is 6.03. The van der Waals surface area contributed by atoms with Gasteiger partial charge < -0.3 is 25.1 Å². The molecule has 3 N–H and O–H groups in total. The first kappa shape index (κ1) is 22.5. The maximum Gasteiger partial charge on any atom is 0.193 e. The molecular weight excluding hydrogens is 481 g/mol. The molecule has 2 aromatic carbocycles. The number of methoxy groups -OCH3 is 2. The van der Waals surface area contributed by atoms with E-state index in [1.165, 1.54) is 5.56 Å². The van der Waals surface area contributed by atoms with E-state index in [4.69, 9.17) is 15.2 Å². The number of nitrogens with zero attached hydrogens (tertiary/aromatic N) is 3. The molecule has 8 heteroatoms. The van der Waals surface area contributed by atoms with Crippen LogP contribution in [0.25, 0.3) is 0 Å². The van der Waals surface area contributed by atoms with E-state index in [0.29, 0.717) is 24.0 Å². The van der Waals surface area contributed by atoms with Gasteiger partial charge in [0.15, 0.2) is 17.5 Å². The molecule has 0 bridgehead atoms. The molecule has 0 aliphatic rings. The number of ether oxygens (including phenoxy) is 2. The second kappa shape index (κ2) is 11.3. The molecule has 3 rings (SSSR count). The first-order valence-corrected chi connectivity index (χ1v) is 9.02. The number of nitrogens with two attached hydrogens (primary N) is 1.